The molecule has 3 rings (SSSR count). The third kappa shape index (κ3) is 5.84. The second kappa shape index (κ2) is 8.13. The molecule has 0 N–H and O–H groups in total. The molecule has 31 heavy (non-hydrogen) atoms. The minimum atomic E-state index is -4.89. The molecule has 2 aromatic carbocycles. The van der Waals surface area contributed by atoms with Crippen LogP contribution in [0.4, 0.5) is 32.0 Å². The lowest BCUT2D eigenvalue weighted by molar-refractivity contribution is -0.384. The molecule has 1 aromatic heterocycles. The highest BCUT2D eigenvalue weighted by molar-refractivity contribution is 5.78. The number of rotatable bonds is 5. The Morgan fingerprint density at radius 2 is 1.23 bits per heavy atom. The van der Waals surface area contributed by atoms with Crippen LogP contribution < -0.4 is 9.47 Å². The summed E-state index contributed by atoms with van der Waals surface area (Å²) in [6, 6.07) is 10.4. The molecule has 0 bridgehead atoms. The second-order valence-electron chi connectivity index (χ2n) is 5.99. The van der Waals surface area contributed by atoms with E-state index >= 15 is 0 Å². The molecular formula is C19H10F6N2O4. The third-order valence-electron chi connectivity index (χ3n) is 3.86. The fourth-order valence-electron chi connectivity index (χ4n) is 2.65. The van der Waals surface area contributed by atoms with Crippen LogP contribution in [0.15, 0.2) is 60.8 Å². The number of aromatic nitrogens is 1. The first-order valence-corrected chi connectivity index (χ1v) is 8.28. The number of hydrogen-bond donors (Lipinski definition) is 0. The summed E-state index contributed by atoms with van der Waals surface area (Å²) in [6.45, 7) is 0. The predicted octanol–water partition coefficient (Wildman–Crippen LogP) is 6.12. The summed E-state index contributed by atoms with van der Waals surface area (Å²) >= 11 is 0. The van der Waals surface area contributed by atoms with Gasteiger partial charge in [0.05, 0.1) is 16.2 Å². The highest BCUT2D eigenvalue weighted by Crippen LogP contribution is 2.35. The Morgan fingerprint density at radius 3 is 1.65 bits per heavy atom. The van der Waals surface area contributed by atoms with Gasteiger partial charge >= 0.3 is 12.7 Å². The number of hydrogen-bond acceptors (Lipinski definition) is 5. The quantitative estimate of drug-likeness (QED) is 0.269. The summed E-state index contributed by atoms with van der Waals surface area (Å²) in [5.41, 5.74) is 0.369. The van der Waals surface area contributed by atoms with Crippen LogP contribution in [0.5, 0.6) is 11.5 Å². The van der Waals surface area contributed by atoms with Crippen LogP contribution in [0.25, 0.3) is 22.4 Å². The van der Waals surface area contributed by atoms with Gasteiger partial charge in [0.2, 0.25) is 0 Å². The van der Waals surface area contributed by atoms with Crippen molar-refractivity contribution in [3.8, 4) is 33.9 Å². The molecular weight excluding hydrogens is 434 g/mol. The van der Waals surface area contributed by atoms with E-state index in [-0.39, 0.29) is 16.8 Å². The van der Waals surface area contributed by atoms with Gasteiger partial charge in [0.15, 0.2) is 0 Å². The zero-order valence-electron chi connectivity index (χ0n) is 15.1. The van der Waals surface area contributed by atoms with Gasteiger partial charge in [-0.1, -0.05) is 12.1 Å². The number of pyridine rings is 1. The van der Waals surface area contributed by atoms with E-state index in [0.29, 0.717) is 5.56 Å². The molecule has 0 amide bonds. The number of halogens is 6. The van der Waals surface area contributed by atoms with Crippen molar-refractivity contribution in [2.24, 2.45) is 0 Å². The topological polar surface area (TPSA) is 74.5 Å². The summed E-state index contributed by atoms with van der Waals surface area (Å²) in [5, 5.41) is 11.3. The number of benzene rings is 2. The van der Waals surface area contributed by atoms with Crippen molar-refractivity contribution < 1.29 is 40.7 Å². The Bertz CT molecular complexity index is 1080. The molecule has 0 spiro atoms. The Morgan fingerprint density at radius 1 is 0.774 bits per heavy atom. The van der Waals surface area contributed by atoms with Gasteiger partial charge in [0.1, 0.15) is 17.7 Å². The monoisotopic (exact) mass is 444 g/mol. The van der Waals surface area contributed by atoms with E-state index in [2.05, 4.69) is 14.5 Å². The lowest BCUT2D eigenvalue weighted by atomic mass is 10.0. The maximum atomic E-state index is 12.3. The number of alkyl halides is 6. The minimum Gasteiger partial charge on any atom is -0.406 e. The van der Waals surface area contributed by atoms with Crippen LogP contribution in [0, 0.1) is 10.1 Å². The Labute approximate surface area is 169 Å². The Kier molecular flexibility index (Phi) is 5.73. The van der Waals surface area contributed by atoms with Crippen molar-refractivity contribution in [1.29, 1.82) is 0 Å². The van der Waals surface area contributed by atoms with Crippen molar-refractivity contribution in [3.05, 3.63) is 70.9 Å². The second-order valence-corrected chi connectivity index (χ2v) is 5.99. The maximum Gasteiger partial charge on any atom is 0.573 e. The molecule has 162 valence electrons. The average Bonchev–Trinajstić information content (AvgIpc) is 2.66. The van der Waals surface area contributed by atoms with E-state index in [4.69, 9.17) is 0 Å². The highest BCUT2D eigenvalue weighted by atomic mass is 19.4. The molecule has 0 atom stereocenters. The van der Waals surface area contributed by atoms with E-state index < -0.39 is 34.8 Å². The summed E-state index contributed by atoms with van der Waals surface area (Å²) in [7, 11) is 0. The average molecular weight is 444 g/mol. The van der Waals surface area contributed by atoms with Crippen LogP contribution in [-0.4, -0.2) is 22.6 Å². The molecule has 3 aromatic rings. The summed E-state index contributed by atoms with van der Waals surface area (Å²) in [6.07, 6.45) is -8.80. The fourth-order valence-corrected chi connectivity index (χ4v) is 2.65. The molecule has 0 saturated heterocycles. The highest BCUT2D eigenvalue weighted by Gasteiger charge is 2.31. The number of ether oxygens (including phenoxy) is 2. The maximum absolute atomic E-state index is 12.3. The Hall–Kier alpha value is -3.83. The van der Waals surface area contributed by atoms with Gasteiger partial charge in [-0.2, -0.15) is 0 Å². The molecule has 0 fully saturated rings. The summed E-state index contributed by atoms with van der Waals surface area (Å²) < 4.78 is 81.3. The van der Waals surface area contributed by atoms with Gasteiger partial charge in [-0.3, -0.25) is 10.1 Å². The van der Waals surface area contributed by atoms with Gasteiger partial charge in [-0.05, 0) is 48.0 Å². The van der Waals surface area contributed by atoms with E-state index in [1.165, 1.54) is 30.3 Å². The molecule has 12 heteroatoms. The Balaban J connectivity index is 1.96. The smallest absolute Gasteiger partial charge is 0.406 e. The van der Waals surface area contributed by atoms with Crippen molar-refractivity contribution in [2.75, 3.05) is 0 Å². The van der Waals surface area contributed by atoms with Crippen LogP contribution in [-0.2, 0) is 0 Å². The molecule has 1 heterocycles. The lowest BCUT2D eigenvalue weighted by Gasteiger charge is -2.11. The van der Waals surface area contributed by atoms with Crippen molar-refractivity contribution in [2.45, 2.75) is 12.7 Å². The van der Waals surface area contributed by atoms with Crippen molar-refractivity contribution >= 4 is 5.69 Å². The largest absolute Gasteiger partial charge is 0.573 e. The lowest BCUT2D eigenvalue weighted by Crippen LogP contribution is -2.16. The molecule has 0 aliphatic heterocycles. The van der Waals surface area contributed by atoms with E-state index in [1.807, 2.05) is 0 Å². The molecule has 0 unspecified atom stereocenters. The van der Waals surface area contributed by atoms with Crippen LogP contribution >= 0.6 is 0 Å². The molecule has 0 radical (unpaired) electrons. The fraction of sp³-hybridized carbons (Fsp3) is 0.105. The SMILES string of the molecule is O=[N+]([O-])c1cnc(-c2ccc(OC(F)(F)F)cc2)cc1-c1ccc(OC(F)(F)F)cc1. The van der Waals surface area contributed by atoms with Crippen LogP contribution in [0.1, 0.15) is 0 Å². The normalized spacial score (nSPS) is 11.8. The molecule has 0 aliphatic rings. The van der Waals surface area contributed by atoms with E-state index in [0.717, 1.165) is 30.5 Å². The standard InChI is InChI=1S/C19H10F6N2O4/c20-18(21,22)30-13-5-1-11(2-6-13)15-9-16(26-10-17(15)27(28)29)12-3-7-14(8-4-12)31-19(23,24)25/h1-10H. The van der Waals surface area contributed by atoms with Crippen LogP contribution in [0.3, 0.4) is 0 Å². The molecule has 6 nitrogen and oxygen atoms in total. The molecule has 0 aliphatic carbocycles. The van der Waals surface area contributed by atoms with Gasteiger partial charge in [-0.15, -0.1) is 26.3 Å². The zero-order valence-corrected chi connectivity index (χ0v) is 15.1. The van der Waals surface area contributed by atoms with Gasteiger partial charge in [-0.25, -0.2) is 4.98 Å². The van der Waals surface area contributed by atoms with Crippen LogP contribution in [0.2, 0.25) is 0 Å². The summed E-state index contributed by atoms with van der Waals surface area (Å²) in [5.74, 6) is -0.966. The number of nitro groups is 1. The molecule has 0 saturated carbocycles. The van der Waals surface area contributed by atoms with E-state index in [1.54, 1.807) is 0 Å². The zero-order chi connectivity index (χ0) is 22.8. The van der Waals surface area contributed by atoms with Crippen molar-refractivity contribution in [3.63, 3.8) is 0 Å². The number of nitrogens with zero attached hydrogens (tertiary/aromatic N) is 2. The summed E-state index contributed by atoms with van der Waals surface area (Å²) in [4.78, 5) is 14.6. The van der Waals surface area contributed by atoms with Gasteiger partial charge in [0, 0.05) is 5.56 Å². The van der Waals surface area contributed by atoms with Gasteiger partial charge in [0.25, 0.3) is 5.69 Å². The third-order valence-corrected chi connectivity index (χ3v) is 3.86. The minimum absolute atomic E-state index is 0.0455. The first kappa shape index (κ1) is 21.9. The van der Waals surface area contributed by atoms with Crippen molar-refractivity contribution in [1.82, 2.24) is 4.98 Å². The first-order valence-electron chi connectivity index (χ1n) is 8.28. The van der Waals surface area contributed by atoms with Gasteiger partial charge < -0.3 is 9.47 Å². The predicted molar refractivity (Wildman–Crippen MR) is 95.1 cm³/mol. The van der Waals surface area contributed by atoms with E-state index in [9.17, 15) is 36.5 Å². The first-order chi connectivity index (χ1) is 14.4.